The average molecular weight is 136 g/mol. The summed E-state index contributed by atoms with van der Waals surface area (Å²) >= 11 is 0. The van der Waals surface area contributed by atoms with E-state index in [-0.39, 0.29) is 0 Å². The molecule has 0 saturated carbocycles. The van der Waals surface area contributed by atoms with Crippen LogP contribution in [-0.2, 0) is 4.94 Å². The normalized spacial score (nSPS) is 10.1. The molecule has 10 heavy (non-hydrogen) atoms. The highest BCUT2D eigenvalue weighted by Crippen LogP contribution is 1.92. The summed E-state index contributed by atoms with van der Waals surface area (Å²) in [6.45, 7) is 0. The van der Waals surface area contributed by atoms with Crippen LogP contribution in [-0.4, -0.2) is 6.21 Å². The number of oxime groups is 1. The molecule has 0 aromatic heterocycles. The van der Waals surface area contributed by atoms with Crippen LogP contribution in [0.4, 0.5) is 0 Å². The maximum atomic E-state index is 4.68. The Hall–Kier alpha value is -1.35. The molecule has 1 aromatic carbocycles. The third-order valence-corrected chi connectivity index (χ3v) is 1.06. The van der Waals surface area contributed by atoms with Crippen molar-refractivity contribution in [2.24, 2.45) is 11.1 Å². The van der Waals surface area contributed by atoms with Gasteiger partial charge in [-0.3, -0.25) is 0 Å². The Morgan fingerprint density at radius 1 is 1.30 bits per heavy atom. The number of hydrogen-bond acceptors (Lipinski definition) is 3. The van der Waals surface area contributed by atoms with Crippen molar-refractivity contribution in [2.75, 3.05) is 0 Å². The summed E-state index contributed by atoms with van der Waals surface area (Å²) in [4.78, 5) is 4.02. The number of nitrogens with zero attached hydrogens (tertiary/aromatic N) is 1. The lowest BCUT2D eigenvalue weighted by molar-refractivity contribution is 0.150. The Morgan fingerprint density at radius 3 is 2.60 bits per heavy atom. The molecule has 0 fully saturated rings. The van der Waals surface area contributed by atoms with E-state index in [0.717, 1.165) is 5.56 Å². The van der Waals surface area contributed by atoms with Crippen LogP contribution >= 0.6 is 0 Å². The molecule has 1 aromatic rings. The van der Waals surface area contributed by atoms with Gasteiger partial charge in [0.05, 0.1) is 6.21 Å². The first kappa shape index (κ1) is 6.77. The van der Waals surface area contributed by atoms with Gasteiger partial charge in [0.15, 0.2) is 0 Å². The van der Waals surface area contributed by atoms with Gasteiger partial charge >= 0.3 is 0 Å². The van der Waals surface area contributed by atoms with E-state index >= 15 is 0 Å². The Balaban J connectivity index is 2.67. The zero-order chi connectivity index (χ0) is 7.23. The number of nitrogens with two attached hydrogens (primary N) is 1. The van der Waals surface area contributed by atoms with Gasteiger partial charge in [-0.15, -0.1) is 5.90 Å². The van der Waals surface area contributed by atoms with Crippen molar-refractivity contribution in [1.29, 1.82) is 0 Å². The second-order valence-corrected chi connectivity index (χ2v) is 1.75. The zero-order valence-corrected chi connectivity index (χ0v) is 5.40. The van der Waals surface area contributed by atoms with Gasteiger partial charge in [-0.1, -0.05) is 35.5 Å². The van der Waals surface area contributed by atoms with Crippen LogP contribution in [0.2, 0.25) is 0 Å². The largest absolute Gasteiger partial charge is 0.303 e. The fourth-order valence-corrected chi connectivity index (χ4v) is 0.630. The molecule has 0 saturated heterocycles. The number of rotatable bonds is 2. The Morgan fingerprint density at radius 2 is 2.00 bits per heavy atom. The van der Waals surface area contributed by atoms with Gasteiger partial charge in [0.25, 0.3) is 0 Å². The highest BCUT2D eigenvalue weighted by Gasteiger charge is 1.81. The van der Waals surface area contributed by atoms with Crippen LogP contribution in [0.25, 0.3) is 0 Å². The van der Waals surface area contributed by atoms with Crippen LogP contribution in [0.15, 0.2) is 35.5 Å². The van der Waals surface area contributed by atoms with Gasteiger partial charge in [0.2, 0.25) is 0 Å². The lowest BCUT2D eigenvalue weighted by Gasteiger charge is -1.87. The highest BCUT2D eigenvalue weighted by atomic mass is 16.7. The topological polar surface area (TPSA) is 47.6 Å². The Kier molecular flexibility index (Phi) is 2.46. The first-order chi connectivity index (χ1) is 4.93. The van der Waals surface area contributed by atoms with E-state index in [2.05, 4.69) is 16.0 Å². The van der Waals surface area contributed by atoms with Crippen LogP contribution < -0.4 is 5.90 Å². The summed E-state index contributed by atoms with van der Waals surface area (Å²) in [6.07, 6.45) is 1.54. The third-order valence-electron chi connectivity index (χ3n) is 1.06. The molecule has 0 aliphatic carbocycles. The SMILES string of the molecule is NON=Cc1ccccc1. The van der Waals surface area contributed by atoms with Crippen LogP contribution in [0, 0.1) is 0 Å². The van der Waals surface area contributed by atoms with Crippen molar-refractivity contribution >= 4 is 6.21 Å². The van der Waals surface area contributed by atoms with Crippen molar-refractivity contribution in [3.8, 4) is 0 Å². The maximum absolute atomic E-state index is 4.68. The summed E-state index contributed by atoms with van der Waals surface area (Å²) in [5.74, 6) is 4.68. The lowest BCUT2D eigenvalue weighted by Crippen LogP contribution is -1.90. The first-order valence-corrected chi connectivity index (χ1v) is 2.88. The molecule has 0 unspecified atom stereocenters. The van der Waals surface area contributed by atoms with Crippen molar-refractivity contribution in [3.63, 3.8) is 0 Å². The van der Waals surface area contributed by atoms with E-state index in [1.165, 1.54) is 0 Å². The smallest absolute Gasteiger partial charge is 0.0760 e. The Bertz CT molecular complexity index is 208. The predicted molar refractivity (Wildman–Crippen MR) is 39.3 cm³/mol. The second-order valence-electron chi connectivity index (χ2n) is 1.75. The minimum Gasteiger partial charge on any atom is -0.303 e. The van der Waals surface area contributed by atoms with E-state index in [4.69, 9.17) is 0 Å². The van der Waals surface area contributed by atoms with Crippen molar-refractivity contribution in [3.05, 3.63) is 35.9 Å². The molecule has 3 heteroatoms. The predicted octanol–water partition coefficient (Wildman–Crippen LogP) is 0.911. The molecule has 52 valence electrons. The van der Waals surface area contributed by atoms with Gasteiger partial charge in [-0.25, -0.2) is 0 Å². The van der Waals surface area contributed by atoms with Crippen LogP contribution in [0.3, 0.4) is 0 Å². The van der Waals surface area contributed by atoms with E-state index in [9.17, 15) is 0 Å². The second kappa shape index (κ2) is 3.63. The summed E-state index contributed by atoms with van der Waals surface area (Å²) in [5.41, 5.74) is 0.966. The molecular formula is C7H8N2O. The van der Waals surface area contributed by atoms with Crippen LogP contribution in [0.1, 0.15) is 5.56 Å². The lowest BCUT2D eigenvalue weighted by atomic mass is 10.2. The van der Waals surface area contributed by atoms with E-state index in [1.807, 2.05) is 30.3 Å². The van der Waals surface area contributed by atoms with Gasteiger partial charge in [-0.05, 0) is 5.56 Å². The average Bonchev–Trinajstić information content (AvgIpc) is 2.03. The van der Waals surface area contributed by atoms with Crippen molar-refractivity contribution < 1.29 is 4.94 Å². The first-order valence-electron chi connectivity index (χ1n) is 2.88. The molecule has 0 radical (unpaired) electrons. The summed E-state index contributed by atoms with van der Waals surface area (Å²) in [5, 5.41) is 3.39. The molecule has 2 N–H and O–H groups in total. The van der Waals surface area contributed by atoms with Crippen molar-refractivity contribution in [2.45, 2.75) is 0 Å². The summed E-state index contributed by atoms with van der Waals surface area (Å²) in [7, 11) is 0. The molecule has 0 amide bonds. The maximum Gasteiger partial charge on any atom is 0.0760 e. The minimum atomic E-state index is 0.966. The van der Waals surface area contributed by atoms with E-state index in [0.29, 0.717) is 0 Å². The number of hydrogen-bond donors (Lipinski definition) is 1. The highest BCUT2D eigenvalue weighted by molar-refractivity contribution is 5.78. The van der Waals surface area contributed by atoms with Crippen molar-refractivity contribution in [1.82, 2.24) is 0 Å². The van der Waals surface area contributed by atoms with E-state index < -0.39 is 0 Å². The molecule has 0 heterocycles. The molecule has 0 aliphatic heterocycles. The number of benzene rings is 1. The third kappa shape index (κ3) is 1.87. The Labute approximate surface area is 59.1 Å². The molecular weight excluding hydrogens is 128 g/mol. The molecule has 0 spiro atoms. The standard InChI is InChI=1S/C7H8N2O/c8-10-9-6-7-4-2-1-3-5-7/h1-6H,8H2. The fourth-order valence-electron chi connectivity index (χ4n) is 0.630. The molecule has 1 rings (SSSR count). The monoisotopic (exact) mass is 136 g/mol. The van der Waals surface area contributed by atoms with Gasteiger partial charge in [-0.2, -0.15) is 0 Å². The zero-order valence-electron chi connectivity index (χ0n) is 5.40. The molecule has 0 bridgehead atoms. The van der Waals surface area contributed by atoms with Gasteiger partial charge in [0, 0.05) is 0 Å². The molecule has 0 atom stereocenters. The van der Waals surface area contributed by atoms with E-state index in [1.54, 1.807) is 6.21 Å². The molecule has 0 aliphatic rings. The molecule has 3 nitrogen and oxygen atoms in total. The summed E-state index contributed by atoms with van der Waals surface area (Å²) in [6, 6.07) is 9.57. The summed E-state index contributed by atoms with van der Waals surface area (Å²) < 4.78 is 0. The quantitative estimate of drug-likeness (QED) is 0.485. The minimum absolute atomic E-state index is 0.966. The van der Waals surface area contributed by atoms with Gasteiger partial charge in [0.1, 0.15) is 0 Å². The fraction of sp³-hybridized carbons (Fsp3) is 0. The van der Waals surface area contributed by atoms with Crippen LogP contribution in [0.5, 0.6) is 0 Å². The van der Waals surface area contributed by atoms with Gasteiger partial charge < -0.3 is 4.94 Å².